The number of aliphatic carboxylic acids is 1. The van der Waals surface area contributed by atoms with Crippen LogP contribution in [0.1, 0.15) is 29.8 Å². The molecule has 0 saturated heterocycles. The molecule has 0 spiro atoms. The minimum atomic E-state index is -1.05. The van der Waals surface area contributed by atoms with Crippen LogP contribution in [0.5, 0.6) is 0 Å². The molecule has 0 atom stereocenters. The van der Waals surface area contributed by atoms with Crippen LogP contribution in [0.4, 0.5) is 10.1 Å². The van der Waals surface area contributed by atoms with Crippen molar-refractivity contribution in [3.05, 3.63) is 95.9 Å². The number of nitrogens with zero attached hydrogens (tertiary/aromatic N) is 1. The highest BCUT2D eigenvalue weighted by molar-refractivity contribution is 8.01. The van der Waals surface area contributed by atoms with E-state index >= 15 is 0 Å². The van der Waals surface area contributed by atoms with Gasteiger partial charge in [-0.3, -0.25) is 9.59 Å². The number of hydrogen-bond donors (Lipinski definition) is 2. The Hall–Kier alpha value is -3.58. The summed E-state index contributed by atoms with van der Waals surface area (Å²) in [7, 11) is 0. The van der Waals surface area contributed by atoms with E-state index < -0.39 is 10.7 Å². The van der Waals surface area contributed by atoms with E-state index in [2.05, 4.69) is 5.32 Å². The van der Waals surface area contributed by atoms with Crippen LogP contribution in [-0.4, -0.2) is 26.3 Å². The molecule has 3 aromatic carbocycles. The van der Waals surface area contributed by atoms with E-state index in [9.17, 15) is 19.1 Å². The van der Waals surface area contributed by atoms with Crippen LogP contribution < -0.4 is 5.32 Å². The number of fused-ring (bicyclic) bond motifs is 1. The second-order valence-electron chi connectivity index (χ2n) is 8.18. The van der Waals surface area contributed by atoms with Crippen LogP contribution in [0.15, 0.2) is 83.9 Å². The van der Waals surface area contributed by atoms with Gasteiger partial charge < -0.3 is 15.0 Å². The molecule has 0 aliphatic rings. The number of amides is 1. The molecule has 33 heavy (non-hydrogen) atoms. The topological polar surface area (TPSA) is 71.3 Å². The number of anilines is 1. The number of aromatic nitrogens is 1. The molecule has 0 aliphatic carbocycles. The van der Waals surface area contributed by atoms with Crippen molar-refractivity contribution in [1.29, 1.82) is 0 Å². The summed E-state index contributed by atoms with van der Waals surface area (Å²) in [5.74, 6) is -1.51. The number of carboxylic acids is 1. The predicted octanol–water partition coefficient (Wildman–Crippen LogP) is 6.04. The Morgan fingerprint density at radius 1 is 1.00 bits per heavy atom. The molecule has 0 unspecified atom stereocenters. The fourth-order valence-corrected chi connectivity index (χ4v) is 4.52. The van der Waals surface area contributed by atoms with E-state index in [1.807, 2.05) is 34.9 Å². The zero-order chi connectivity index (χ0) is 23.6. The van der Waals surface area contributed by atoms with Crippen LogP contribution in [0.25, 0.3) is 10.9 Å². The van der Waals surface area contributed by atoms with Gasteiger partial charge in [0.15, 0.2) is 0 Å². The van der Waals surface area contributed by atoms with Crippen molar-refractivity contribution in [1.82, 2.24) is 4.57 Å². The lowest BCUT2D eigenvalue weighted by Gasteiger charge is -2.20. The average molecular weight is 463 g/mol. The molecule has 1 aromatic heterocycles. The number of nitrogens with one attached hydrogen (secondary N) is 1. The standard InChI is InChI=1S/C26H23FN2O3S/c1-26(2,25(31)32)33-23-10-6-4-8-21(23)28-24(30)20-16-29(22-9-5-3-7-19(20)22)15-17-11-13-18(27)14-12-17/h3-14,16H,15H2,1-2H3,(H,28,30)(H,31,32). The summed E-state index contributed by atoms with van der Waals surface area (Å²) < 4.78 is 14.2. The van der Waals surface area contributed by atoms with Crippen molar-refractivity contribution in [2.75, 3.05) is 5.32 Å². The molecular formula is C26H23FN2O3S. The quantitative estimate of drug-likeness (QED) is 0.329. The van der Waals surface area contributed by atoms with Gasteiger partial charge in [-0.2, -0.15) is 0 Å². The third kappa shape index (κ3) is 4.93. The summed E-state index contributed by atoms with van der Waals surface area (Å²) in [6.45, 7) is 3.75. The Labute approximate surface area is 195 Å². The van der Waals surface area contributed by atoms with Crippen LogP contribution in [0.2, 0.25) is 0 Å². The van der Waals surface area contributed by atoms with Gasteiger partial charge in [0, 0.05) is 28.5 Å². The smallest absolute Gasteiger partial charge is 0.319 e. The van der Waals surface area contributed by atoms with E-state index in [1.165, 1.54) is 23.9 Å². The second kappa shape index (κ2) is 9.11. The Balaban J connectivity index is 1.65. The monoisotopic (exact) mass is 462 g/mol. The summed E-state index contributed by atoms with van der Waals surface area (Å²) >= 11 is 1.18. The van der Waals surface area contributed by atoms with E-state index in [1.54, 1.807) is 50.4 Å². The first-order valence-corrected chi connectivity index (χ1v) is 11.2. The van der Waals surface area contributed by atoms with Crippen molar-refractivity contribution in [3.63, 3.8) is 0 Å². The maximum atomic E-state index is 13.3. The Morgan fingerprint density at radius 2 is 1.67 bits per heavy atom. The second-order valence-corrected chi connectivity index (χ2v) is 9.85. The van der Waals surface area contributed by atoms with Gasteiger partial charge in [-0.25, -0.2) is 4.39 Å². The van der Waals surface area contributed by atoms with E-state index in [0.717, 1.165) is 16.5 Å². The van der Waals surface area contributed by atoms with Crippen molar-refractivity contribution in [2.45, 2.75) is 30.0 Å². The van der Waals surface area contributed by atoms with E-state index in [0.29, 0.717) is 22.7 Å². The number of rotatable bonds is 7. The van der Waals surface area contributed by atoms with Gasteiger partial charge in [-0.15, -0.1) is 11.8 Å². The van der Waals surface area contributed by atoms with Gasteiger partial charge in [0.2, 0.25) is 0 Å². The molecule has 4 aromatic rings. The molecule has 7 heteroatoms. The zero-order valence-electron chi connectivity index (χ0n) is 18.2. The molecule has 0 radical (unpaired) electrons. The van der Waals surface area contributed by atoms with Crippen LogP contribution in [0.3, 0.4) is 0 Å². The normalized spacial score (nSPS) is 11.5. The van der Waals surface area contributed by atoms with Crippen LogP contribution >= 0.6 is 11.8 Å². The summed E-state index contributed by atoms with van der Waals surface area (Å²) in [5, 5.41) is 13.2. The fraction of sp³-hybridized carbons (Fsp3) is 0.154. The van der Waals surface area contributed by atoms with Gasteiger partial charge in [-0.05, 0) is 49.7 Å². The number of hydrogen-bond acceptors (Lipinski definition) is 3. The third-order valence-electron chi connectivity index (χ3n) is 5.31. The third-order valence-corrected chi connectivity index (χ3v) is 6.58. The highest BCUT2D eigenvalue weighted by Gasteiger charge is 2.29. The molecule has 0 saturated carbocycles. The first-order valence-electron chi connectivity index (χ1n) is 10.4. The lowest BCUT2D eigenvalue weighted by atomic mass is 10.1. The highest BCUT2D eigenvalue weighted by Crippen LogP contribution is 2.37. The van der Waals surface area contributed by atoms with Crippen LogP contribution in [-0.2, 0) is 11.3 Å². The molecule has 1 heterocycles. The Bertz CT molecular complexity index is 1330. The zero-order valence-corrected chi connectivity index (χ0v) is 19.0. The molecule has 0 fully saturated rings. The predicted molar refractivity (Wildman–Crippen MR) is 129 cm³/mol. The van der Waals surface area contributed by atoms with Crippen molar-refractivity contribution in [2.24, 2.45) is 0 Å². The summed E-state index contributed by atoms with van der Waals surface area (Å²) in [5.41, 5.74) is 2.87. The molecule has 2 N–H and O–H groups in total. The van der Waals surface area contributed by atoms with Gasteiger partial charge >= 0.3 is 5.97 Å². The molecule has 0 bridgehead atoms. The lowest BCUT2D eigenvalue weighted by molar-refractivity contribution is -0.138. The number of halogens is 1. The maximum absolute atomic E-state index is 13.3. The molecular weight excluding hydrogens is 439 g/mol. The number of benzene rings is 3. The van der Waals surface area contributed by atoms with E-state index in [4.69, 9.17) is 0 Å². The summed E-state index contributed by atoms with van der Waals surface area (Å²) in [4.78, 5) is 25.5. The van der Waals surface area contributed by atoms with Crippen molar-refractivity contribution in [3.8, 4) is 0 Å². The average Bonchev–Trinajstić information content (AvgIpc) is 3.15. The minimum absolute atomic E-state index is 0.287. The maximum Gasteiger partial charge on any atom is 0.319 e. The Kier molecular flexibility index (Phi) is 6.24. The van der Waals surface area contributed by atoms with Crippen molar-refractivity contribution < 1.29 is 19.1 Å². The molecule has 4 rings (SSSR count). The minimum Gasteiger partial charge on any atom is -0.480 e. The van der Waals surface area contributed by atoms with Gasteiger partial charge in [0.25, 0.3) is 5.91 Å². The van der Waals surface area contributed by atoms with E-state index in [-0.39, 0.29) is 11.7 Å². The summed E-state index contributed by atoms with van der Waals surface area (Å²) in [6, 6.07) is 21.1. The van der Waals surface area contributed by atoms with Crippen LogP contribution in [0, 0.1) is 5.82 Å². The number of thioether (sulfide) groups is 1. The number of carboxylic acid groups (broad SMARTS) is 1. The SMILES string of the molecule is CC(C)(Sc1ccccc1NC(=O)c1cn(Cc2ccc(F)cc2)c2ccccc12)C(=O)O. The highest BCUT2D eigenvalue weighted by atomic mass is 32.2. The molecule has 0 aliphatic heterocycles. The largest absolute Gasteiger partial charge is 0.480 e. The number of para-hydroxylation sites is 2. The first-order chi connectivity index (χ1) is 15.7. The van der Waals surface area contributed by atoms with Crippen molar-refractivity contribution >= 4 is 40.2 Å². The number of carbonyl (C=O) groups is 2. The van der Waals surface area contributed by atoms with Gasteiger partial charge in [-0.1, -0.05) is 42.5 Å². The fourth-order valence-electron chi connectivity index (χ4n) is 3.51. The number of carbonyl (C=O) groups excluding carboxylic acids is 1. The summed E-state index contributed by atoms with van der Waals surface area (Å²) in [6.07, 6.45) is 1.79. The molecule has 5 nitrogen and oxygen atoms in total. The van der Waals surface area contributed by atoms with Gasteiger partial charge in [0.1, 0.15) is 10.6 Å². The van der Waals surface area contributed by atoms with Gasteiger partial charge in [0.05, 0.1) is 11.3 Å². The first kappa shape index (κ1) is 22.6. The molecule has 168 valence electrons. The molecule has 1 amide bonds. The Morgan fingerprint density at radius 3 is 2.39 bits per heavy atom. The lowest BCUT2D eigenvalue weighted by Crippen LogP contribution is -2.27.